The minimum Gasteiger partial charge on any atom is -0.351 e. The summed E-state index contributed by atoms with van der Waals surface area (Å²) in [5.41, 5.74) is 2.42. The molecule has 1 fully saturated rings. The fraction of sp³-hybridized carbons (Fsp3) is 0.179. The first kappa shape index (κ1) is 23.7. The molecule has 1 aliphatic heterocycles. The molecule has 2 heterocycles. The predicted octanol–water partition coefficient (Wildman–Crippen LogP) is 4.92. The molecule has 0 unspecified atom stereocenters. The molecule has 4 aromatic rings. The third kappa shape index (κ3) is 4.63. The second kappa shape index (κ2) is 9.92. The van der Waals surface area contributed by atoms with Crippen molar-refractivity contribution >= 4 is 28.3 Å². The average molecular weight is 492 g/mol. The van der Waals surface area contributed by atoms with Crippen LogP contribution in [0.3, 0.4) is 0 Å². The maximum atomic E-state index is 14.3. The second-order valence-corrected chi connectivity index (χ2v) is 8.83. The summed E-state index contributed by atoms with van der Waals surface area (Å²) in [5, 5.41) is 31.6. The molecule has 1 aromatic heterocycles. The van der Waals surface area contributed by atoms with Gasteiger partial charge in [-0.15, -0.1) is 10.2 Å². The van der Waals surface area contributed by atoms with Crippen molar-refractivity contribution in [3.8, 4) is 23.4 Å². The van der Waals surface area contributed by atoms with Gasteiger partial charge in [0.1, 0.15) is 11.5 Å². The van der Waals surface area contributed by atoms with Gasteiger partial charge in [-0.05, 0) is 37.3 Å². The SMILES string of the molecule is C[C@H]1CN(c2nnc(-c3ccc(C#N)cc3)c3ccccc23)CCN1C(=O)Nc1ccc(C#N)cc1F. The van der Waals surface area contributed by atoms with E-state index in [2.05, 4.69) is 26.5 Å². The number of nitrogens with one attached hydrogen (secondary N) is 1. The molecule has 1 N–H and O–H groups in total. The predicted molar refractivity (Wildman–Crippen MR) is 138 cm³/mol. The Labute approximate surface area is 213 Å². The lowest BCUT2D eigenvalue weighted by Gasteiger charge is -2.40. The quantitative estimate of drug-likeness (QED) is 0.436. The fourth-order valence-electron chi connectivity index (χ4n) is 4.56. The van der Waals surface area contributed by atoms with Crippen LogP contribution < -0.4 is 10.2 Å². The number of anilines is 2. The van der Waals surface area contributed by atoms with Crippen molar-refractivity contribution in [1.29, 1.82) is 10.5 Å². The first-order valence-corrected chi connectivity index (χ1v) is 11.8. The molecule has 0 aliphatic carbocycles. The number of urea groups is 1. The largest absolute Gasteiger partial charge is 0.351 e. The van der Waals surface area contributed by atoms with Crippen LogP contribution in [0, 0.1) is 28.5 Å². The highest BCUT2D eigenvalue weighted by molar-refractivity contribution is 6.00. The van der Waals surface area contributed by atoms with E-state index in [1.165, 1.54) is 12.1 Å². The van der Waals surface area contributed by atoms with Crippen molar-refractivity contribution < 1.29 is 9.18 Å². The van der Waals surface area contributed by atoms with E-state index in [4.69, 9.17) is 10.5 Å². The summed E-state index contributed by atoms with van der Waals surface area (Å²) >= 11 is 0. The molecular weight excluding hydrogens is 469 g/mol. The number of carbonyl (C=O) groups excluding carboxylic acids is 1. The minimum atomic E-state index is -0.650. The zero-order valence-corrected chi connectivity index (χ0v) is 20.0. The van der Waals surface area contributed by atoms with Crippen LogP contribution in [-0.2, 0) is 0 Å². The standard InChI is InChI=1S/C28H22FN7O/c1-18-17-35(12-13-36(18)28(37)32-25-11-8-20(16-31)14-24(25)29)27-23-5-3-2-4-22(23)26(33-34-27)21-9-6-19(15-30)7-10-21/h2-11,14,18H,12-13,17H2,1H3,(H,32,37)/t18-/m0/s1. The maximum Gasteiger partial charge on any atom is 0.322 e. The smallest absolute Gasteiger partial charge is 0.322 e. The van der Waals surface area contributed by atoms with Gasteiger partial charge in [0, 0.05) is 42.0 Å². The number of fused-ring (bicyclic) bond motifs is 1. The van der Waals surface area contributed by atoms with Crippen LogP contribution in [0.15, 0.2) is 66.7 Å². The molecule has 1 saturated heterocycles. The molecule has 0 radical (unpaired) electrons. The average Bonchev–Trinajstić information content (AvgIpc) is 2.93. The van der Waals surface area contributed by atoms with Crippen LogP contribution in [0.5, 0.6) is 0 Å². The van der Waals surface area contributed by atoms with Gasteiger partial charge in [-0.25, -0.2) is 9.18 Å². The first-order chi connectivity index (χ1) is 18.0. The molecule has 37 heavy (non-hydrogen) atoms. The van der Waals surface area contributed by atoms with Crippen molar-refractivity contribution in [2.75, 3.05) is 29.9 Å². The number of nitriles is 2. The lowest BCUT2D eigenvalue weighted by molar-refractivity contribution is 0.184. The minimum absolute atomic E-state index is 0.0360. The summed E-state index contributed by atoms with van der Waals surface area (Å²) in [6.07, 6.45) is 0. The van der Waals surface area contributed by atoms with Crippen LogP contribution in [0.1, 0.15) is 18.1 Å². The zero-order chi connectivity index (χ0) is 25.9. The Morgan fingerprint density at radius 3 is 2.35 bits per heavy atom. The van der Waals surface area contributed by atoms with Crippen LogP contribution in [-0.4, -0.2) is 46.8 Å². The molecule has 2 amide bonds. The van der Waals surface area contributed by atoms with Gasteiger partial charge in [0.25, 0.3) is 0 Å². The topological polar surface area (TPSA) is 109 Å². The third-order valence-electron chi connectivity index (χ3n) is 6.48. The number of benzene rings is 3. The van der Waals surface area contributed by atoms with E-state index in [9.17, 15) is 9.18 Å². The Hall–Kier alpha value is -5.02. The van der Waals surface area contributed by atoms with E-state index in [0.717, 1.165) is 33.9 Å². The molecule has 5 rings (SSSR count). The summed E-state index contributed by atoms with van der Waals surface area (Å²) in [5.74, 6) is 0.0841. The number of halogens is 1. The molecular formula is C28H22FN7O. The van der Waals surface area contributed by atoms with Crippen LogP contribution >= 0.6 is 0 Å². The molecule has 0 bridgehead atoms. The van der Waals surface area contributed by atoms with E-state index >= 15 is 0 Å². The Morgan fingerprint density at radius 2 is 1.68 bits per heavy atom. The highest BCUT2D eigenvalue weighted by Crippen LogP contribution is 2.32. The van der Waals surface area contributed by atoms with Crippen molar-refractivity contribution in [3.05, 3.63) is 83.7 Å². The van der Waals surface area contributed by atoms with Crippen LogP contribution in [0.25, 0.3) is 22.0 Å². The van der Waals surface area contributed by atoms with Gasteiger partial charge in [0.15, 0.2) is 5.82 Å². The van der Waals surface area contributed by atoms with E-state index in [1.807, 2.05) is 49.4 Å². The molecule has 0 saturated carbocycles. The lowest BCUT2D eigenvalue weighted by atomic mass is 10.0. The van der Waals surface area contributed by atoms with Crippen molar-refractivity contribution in [1.82, 2.24) is 15.1 Å². The number of nitrogens with zero attached hydrogens (tertiary/aromatic N) is 6. The lowest BCUT2D eigenvalue weighted by Crippen LogP contribution is -2.55. The summed E-state index contributed by atoms with van der Waals surface area (Å²) in [7, 11) is 0. The van der Waals surface area contributed by atoms with Gasteiger partial charge in [-0.3, -0.25) is 0 Å². The summed E-state index contributed by atoms with van der Waals surface area (Å²) in [4.78, 5) is 16.7. The summed E-state index contributed by atoms with van der Waals surface area (Å²) in [6, 6.07) is 22.5. The van der Waals surface area contributed by atoms with Crippen molar-refractivity contribution in [3.63, 3.8) is 0 Å². The molecule has 3 aromatic carbocycles. The maximum absolute atomic E-state index is 14.3. The van der Waals surface area contributed by atoms with Gasteiger partial charge in [0.05, 0.1) is 29.0 Å². The number of carbonyl (C=O) groups is 1. The van der Waals surface area contributed by atoms with Gasteiger partial charge in [-0.2, -0.15) is 10.5 Å². The Morgan fingerprint density at radius 1 is 0.973 bits per heavy atom. The summed E-state index contributed by atoms with van der Waals surface area (Å²) < 4.78 is 14.3. The van der Waals surface area contributed by atoms with Gasteiger partial charge < -0.3 is 15.1 Å². The third-order valence-corrected chi connectivity index (χ3v) is 6.48. The van der Waals surface area contributed by atoms with E-state index < -0.39 is 11.8 Å². The Balaban J connectivity index is 1.36. The van der Waals surface area contributed by atoms with Gasteiger partial charge >= 0.3 is 6.03 Å². The fourth-order valence-corrected chi connectivity index (χ4v) is 4.56. The monoisotopic (exact) mass is 491 g/mol. The second-order valence-electron chi connectivity index (χ2n) is 8.83. The molecule has 0 spiro atoms. The molecule has 9 heteroatoms. The number of amides is 2. The highest BCUT2D eigenvalue weighted by atomic mass is 19.1. The normalized spacial score (nSPS) is 15.2. The number of aromatic nitrogens is 2. The summed E-state index contributed by atoms with van der Waals surface area (Å²) in [6.45, 7) is 3.40. The molecule has 8 nitrogen and oxygen atoms in total. The van der Waals surface area contributed by atoms with Crippen LogP contribution in [0.4, 0.5) is 20.7 Å². The van der Waals surface area contributed by atoms with E-state index in [0.29, 0.717) is 25.2 Å². The van der Waals surface area contributed by atoms with Gasteiger partial charge in [0.2, 0.25) is 0 Å². The van der Waals surface area contributed by atoms with Crippen LogP contribution in [0.2, 0.25) is 0 Å². The molecule has 1 aliphatic rings. The number of hydrogen-bond acceptors (Lipinski definition) is 6. The highest BCUT2D eigenvalue weighted by Gasteiger charge is 2.30. The van der Waals surface area contributed by atoms with E-state index in [-0.39, 0.29) is 17.3 Å². The number of rotatable bonds is 3. The number of piperazine rings is 1. The first-order valence-electron chi connectivity index (χ1n) is 11.8. The zero-order valence-electron chi connectivity index (χ0n) is 20.0. The van der Waals surface area contributed by atoms with Crippen molar-refractivity contribution in [2.45, 2.75) is 13.0 Å². The molecule has 1 atom stereocenters. The van der Waals surface area contributed by atoms with E-state index in [1.54, 1.807) is 17.0 Å². The van der Waals surface area contributed by atoms with Gasteiger partial charge in [-0.1, -0.05) is 36.4 Å². The Kier molecular flexibility index (Phi) is 6.36. The molecule has 182 valence electrons. The Bertz CT molecular complexity index is 1570. The van der Waals surface area contributed by atoms with Crippen molar-refractivity contribution in [2.24, 2.45) is 0 Å². The number of hydrogen-bond donors (Lipinski definition) is 1.